The van der Waals surface area contributed by atoms with Gasteiger partial charge < -0.3 is 5.32 Å². The highest BCUT2D eigenvalue weighted by atomic mass is 35.5. The first-order valence-electron chi connectivity index (χ1n) is 4.87. The maximum absolute atomic E-state index is 11.6. The Bertz CT molecular complexity index is 502. The monoisotopic (exact) mass is 276 g/mol. The number of nitrogens with one attached hydrogen (secondary N) is 2. The molecule has 17 heavy (non-hydrogen) atoms. The summed E-state index contributed by atoms with van der Waals surface area (Å²) in [6.07, 6.45) is 1.06. The lowest BCUT2D eigenvalue weighted by atomic mass is 10.2. The minimum absolute atomic E-state index is 0.158. The van der Waals surface area contributed by atoms with E-state index in [1.54, 1.807) is 24.3 Å². The van der Waals surface area contributed by atoms with E-state index >= 15 is 0 Å². The van der Waals surface area contributed by atoms with Gasteiger partial charge in [-0.25, -0.2) is 13.1 Å². The summed E-state index contributed by atoms with van der Waals surface area (Å²) in [6.45, 7) is 0.379. The quantitative estimate of drug-likeness (QED) is 0.774. The molecule has 0 fully saturated rings. The van der Waals surface area contributed by atoms with Gasteiger partial charge in [-0.3, -0.25) is 4.79 Å². The van der Waals surface area contributed by atoms with Gasteiger partial charge >= 0.3 is 0 Å². The van der Waals surface area contributed by atoms with Crippen LogP contribution in [-0.2, 0) is 10.0 Å². The van der Waals surface area contributed by atoms with E-state index in [1.165, 1.54) is 0 Å². The minimum Gasteiger partial charge on any atom is -0.351 e. The summed E-state index contributed by atoms with van der Waals surface area (Å²) in [5, 5.41) is 3.05. The second kappa shape index (κ2) is 6.00. The molecule has 0 spiro atoms. The predicted octanol–water partition coefficient (Wildman–Crippen LogP) is 0.619. The Hall–Kier alpha value is -1.11. The molecule has 1 aromatic rings. The van der Waals surface area contributed by atoms with Crippen molar-refractivity contribution in [3.63, 3.8) is 0 Å². The van der Waals surface area contributed by atoms with Crippen LogP contribution in [0.3, 0.4) is 0 Å². The summed E-state index contributed by atoms with van der Waals surface area (Å²) >= 11 is 5.74. The van der Waals surface area contributed by atoms with Gasteiger partial charge in [-0.15, -0.1) is 0 Å². The Kier molecular flexibility index (Phi) is 4.92. The van der Waals surface area contributed by atoms with Gasteiger partial charge in [0, 0.05) is 23.7 Å². The number of benzene rings is 1. The van der Waals surface area contributed by atoms with Gasteiger partial charge in [-0.05, 0) is 18.2 Å². The summed E-state index contributed by atoms with van der Waals surface area (Å²) in [6, 6.07) is 6.52. The van der Waals surface area contributed by atoms with Crippen LogP contribution >= 0.6 is 11.6 Å². The van der Waals surface area contributed by atoms with E-state index in [9.17, 15) is 13.2 Å². The molecule has 0 aliphatic rings. The second-order valence-corrected chi connectivity index (χ2v) is 5.70. The van der Waals surface area contributed by atoms with Crippen molar-refractivity contribution in [2.75, 3.05) is 19.3 Å². The average molecular weight is 277 g/mol. The van der Waals surface area contributed by atoms with Crippen LogP contribution in [-0.4, -0.2) is 33.7 Å². The Morgan fingerprint density at radius 2 is 2.06 bits per heavy atom. The number of hydrogen-bond donors (Lipinski definition) is 2. The van der Waals surface area contributed by atoms with Crippen LogP contribution in [0.5, 0.6) is 0 Å². The second-order valence-electron chi connectivity index (χ2n) is 3.43. The molecule has 1 rings (SSSR count). The summed E-state index contributed by atoms with van der Waals surface area (Å²) in [5.41, 5.74) is 0.442. The van der Waals surface area contributed by atoms with E-state index in [4.69, 9.17) is 11.6 Å². The number of halogens is 1. The molecule has 7 heteroatoms. The molecule has 0 unspecified atom stereocenters. The maximum Gasteiger partial charge on any atom is 0.251 e. The minimum atomic E-state index is -3.22. The van der Waals surface area contributed by atoms with Gasteiger partial charge in [0.2, 0.25) is 10.0 Å². The molecular weight excluding hydrogens is 264 g/mol. The molecule has 0 saturated carbocycles. The average Bonchev–Trinajstić information content (AvgIpc) is 2.23. The third-order valence-electron chi connectivity index (χ3n) is 1.86. The van der Waals surface area contributed by atoms with Crippen molar-refractivity contribution in [2.24, 2.45) is 0 Å². The molecular formula is C10H13ClN2O3S. The molecule has 0 atom stereocenters. The van der Waals surface area contributed by atoms with E-state index in [2.05, 4.69) is 10.0 Å². The number of sulfonamides is 1. The fourth-order valence-corrected chi connectivity index (χ4v) is 1.81. The molecule has 94 valence electrons. The summed E-state index contributed by atoms with van der Waals surface area (Å²) in [5.74, 6) is -0.289. The molecule has 0 radical (unpaired) electrons. The molecule has 2 N–H and O–H groups in total. The van der Waals surface area contributed by atoms with Crippen LogP contribution in [0.25, 0.3) is 0 Å². The zero-order valence-electron chi connectivity index (χ0n) is 9.23. The summed E-state index contributed by atoms with van der Waals surface area (Å²) in [7, 11) is -3.22. The highest BCUT2D eigenvalue weighted by Crippen LogP contribution is 2.10. The largest absolute Gasteiger partial charge is 0.351 e. The van der Waals surface area contributed by atoms with Crippen molar-refractivity contribution < 1.29 is 13.2 Å². The fraction of sp³-hybridized carbons (Fsp3) is 0.300. The Morgan fingerprint density at radius 1 is 1.35 bits per heavy atom. The normalized spacial score (nSPS) is 11.2. The van der Waals surface area contributed by atoms with Gasteiger partial charge in [0.1, 0.15) is 0 Å². The first-order chi connectivity index (χ1) is 7.88. The number of amides is 1. The number of rotatable bonds is 5. The Balaban J connectivity index is 2.41. The van der Waals surface area contributed by atoms with Crippen LogP contribution in [0.2, 0.25) is 5.02 Å². The van der Waals surface area contributed by atoms with Gasteiger partial charge in [-0.2, -0.15) is 0 Å². The standard InChI is InChI=1S/C10H13ClN2O3S/c1-17(15,16)13-6-5-12-10(14)8-3-2-4-9(11)7-8/h2-4,7,13H,5-6H2,1H3,(H,12,14). The molecule has 1 aromatic carbocycles. The SMILES string of the molecule is CS(=O)(=O)NCCNC(=O)c1cccc(Cl)c1. The molecule has 0 aromatic heterocycles. The maximum atomic E-state index is 11.6. The lowest BCUT2D eigenvalue weighted by Crippen LogP contribution is -2.34. The molecule has 5 nitrogen and oxygen atoms in total. The van der Waals surface area contributed by atoms with E-state index in [0.717, 1.165) is 6.26 Å². The Labute approximate surface area is 105 Å². The van der Waals surface area contributed by atoms with Crippen molar-refractivity contribution in [3.05, 3.63) is 34.9 Å². The van der Waals surface area contributed by atoms with Crippen LogP contribution in [0, 0.1) is 0 Å². The zero-order chi connectivity index (χ0) is 12.9. The van der Waals surface area contributed by atoms with Gasteiger partial charge in [0.25, 0.3) is 5.91 Å². The lowest BCUT2D eigenvalue weighted by Gasteiger charge is -2.05. The predicted molar refractivity (Wildman–Crippen MR) is 66.6 cm³/mol. The van der Waals surface area contributed by atoms with Crippen LogP contribution in [0.1, 0.15) is 10.4 Å². The smallest absolute Gasteiger partial charge is 0.251 e. The zero-order valence-corrected chi connectivity index (χ0v) is 10.8. The number of hydrogen-bond acceptors (Lipinski definition) is 3. The third kappa shape index (κ3) is 5.67. The van der Waals surface area contributed by atoms with Crippen molar-refractivity contribution in [1.82, 2.24) is 10.0 Å². The van der Waals surface area contributed by atoms with Crippen molar-refractivity contribution in [3.8, 4) is 0 Å². The molecule has 0 aliphatic carbocycles. The summed E-state index contributed by atoms with van der Waals surface area (Å²) < 4.78 is 23.8. The first kappa shape index (κ1) is 14.0. The fourth-order valence-electron chi connectivity index (χ4n) is 1.14. The molecule has 0 bridgehead atoms. The number of carbonyl (C=O) groups excluding carboxylic acids is 1. The lowest BCUT2D eigenvalue weighted by molar-refractivity contribution is 0.0954. The highest BCUT2D eigenvalue weighted by Gasteiger charge is 2.05. The van der Waals surface area contributed by atoms with Crippen LogP contribution in [0.4, 0.5) is 0 Å². The molecule has 1 amide bonds. The molecule has 0 aliphatic heterocycles. The number of carbonyl (C=O) groups is 1. The van der Waals surface area contributed by atoms with E-state index in [-0.39, 0.29) is 19.0 Å². The topological polar surface area (TPSA) is 75.3 Å². The summed E-state index contributed by atoms with van der Waals surface area (Å²) in [4.78, 5) is 11.6. The van der Waals surface area contributed by atoms with Crippen molar-refractivity contribution in [2.45, 2.75) is 0 Å². The third-order valence-corrected chi connectivity index (χ3v) is 2.83. The highest BCUT2D eigenvalue weighted by molar-refractivity contribution is 7.88. The first-order valence-corrected chi connectivity index (χ1v) is 7.14. The van der Waals surface area contributed by atoms with E-state index in [0.29, 0.717) is 10.6 Å². The van der Waals surface area contributed by atoms with Crippen molar-refractivity contribution in [1.29, 1.82) is 0 Å². The van der Waals surface area contributed by atoms with Crippen LogP contribution < -0.4 is 10.0 Å². The molecule has 0 heterocycles. The van der Waals surface area contributed by atoms with Gasteiger partial charge in [0.15, 0.2) is 0 Å². The van der Waals surface area contributed by atoms with Gasteiger partial charge in [-0.1, -0.05) is 17.7 Å². The van der Waals surface area contributed by atoms with Crippen molar-refractivity contribution >= 4 is 27.5 Å². The molecule has 0 saturated heterocycles. The van der Waals surface area contributed by atoms with E-state index < -0.39 is 10.0 Å². The van der Waals surface area contributed by atoms with E-state index in [1.807, 2.05) is 0 Å². The van der Waals surface area contributed by atoms with Gasteiger partial charge in [0.05, 0.1) is 6.26 Å². The van der Waals surface area contributed by atoms with Crippen LogP contribution in [0.15, 0.2) is 24.3 Å². The Morgan fingerprint density at radius 3 is 2.65 bits per heavy atom.